The lowest BCUT2D eigenvalue weighted by Crippen LogP contribution is -2.39. The number of benzene rings is 3. The van der Waals surface area contributed by atoms with Crippen LogP contribution < -0.4 is 0 Å². The molecule has 4 heteroatoms. The smallest absolute Gasteiger partial charge is 0.132 e. The Morgan fingerprint density at radius 3 is 2.29 bits per heavy atom. The molecule has 1 N–H and O–H groups in total. The van der Waals surface area contributed by atoms with Crippen LogP contribution in [0.5, 0.6) is 0 Å². The monoisotopic (exact) mass is 507 g/mol. The molecule has 38 heavy (non-hydrogen) atoms. The second-order valence-corrected chi connectivity index (χ2v) is 11.3. The predicted octanol–water partition coefficient (Wildman–Crippen LogP) is 8.65. The Balaban J connectivity index is 1.34. The first kappa shape index (κ1) is 25.1. The molecule has 2 atom stereocenters. The molecule has 1 aromatic heterocycles. The molecule has 0 radical (unpaired) electrons. The number of nitrogens with zero attached hydrogens (tertiary/aromatic N) is 2. The van der Waals surface area contributed by atoms with Gasteiger partial charge < -0.3 is 0 Å². The van der Waals surface area contributed by atoms with E-state index in [0.717, 1.165) is 36.2 Å². The van der Waals surface area contributed by atoms with E-state index in [-0.39, 0.29) is 11.9 Å². The summed E-state index contributed by atoms with van der Waals surface area (Å²) < 4.78 is 14.9. The van der Waals surface area contributed by atoms with Crippen LogP contribution in [0, 0.1) is 17.7 Å². The third kappa shape index (κ3) is 5.47. The van der Waals surface area contributed by atoms with Crippen molar-refractivity contribution in [3.05, 3.63) is 102 Å². The highest BCUT2D eigenvalue weighted by atomic mass is 19.1. The summed E-state index contributed by atoms with van der Waals surface area (Å²) in [6.45, 7) is 2.14. The molecule has 2 aliphatic rings. The minimum absolute atomic E-state index is 0.0299. The fraction of sp³-hybridized carbons (Fsp3) is 0.382. The third-order valence-corrected chi connectivity index (χ3v) is 8.75. The molecule has 2 unspecified atom stereocenters. The van der Waals surface area contributed by atoms with E-state index in [9.17, 15) is 4.39 Å². The molecular formula is C34H38FN3. The Kier molecular flexibility index (Phi) is 7.69. The number of halogens is 1. The first-order valence-electron chi connectivity index (χ1n) is 14.4. The quantitative estimate of drug-likeness (QED) is 0.271. The average molecular weight is 508 g/mol. The van der Waals surface area contributed by atoms with Crippen LogP contribution in [0.4, 0.5) is 4.39 Å². The van der Waals surface area contributed by atoms with Gasteiger partial charge in [-0.25, -0.2) is 4.39 Å². The van der Waals surface area contributed by atoms with E-state index in [1.807, 2.05) is 18.3 Å². The van der Waals surface area contributed by atoms with Crippen LogP contribution in [0.15, 0.2) is 85.1 Å². The molecule has 0 bridgehead atoms. The maximum absolute atomic E-state index is 14.9. The summed E-state index contributed by atoms with van der Waals surface area (Å²) in [5.41, 5.74) is 6.10. The van der Waals surface area contributed by atoms with E-state index in [1.165, 1.54) is 74.1 Å². The van der Waals surface area contributed by atoms with Gasteiger partial charge in [0.25, 0.3) is 0 Å². The zero-order valence-corrected chi connectivity index (χ0v) is 22.2. The highest BCUT2D eigenvalue weighted by Crippen LogP contribution is 2.40. The molecule has 196 valence electrons. The van der Waals surface area contributed by atoms with Gasteiger partial charge in [-0.05, 0) is 66.5 Å². The largest absolute Gasteiger partial charge is 0.292 e. The second kappa shape index (κ2) is 11.7. The fourth-order valence-electron chi connectivity index (χ4n) is 6.88. The lowest BCUT2D eigenvalue weighted by molar-refractivity contribution is 0.121. The van der Waals surface area contributed by atoms with E-state index in [0.29, 0.717) is 5.56 Å². The van der Waals surface area contributed by atoms with E-state index >= 15 is 0 Å². The molecule has 1 aliphatic carbocycles. The molecular weight excluding hydrogens is 469 g/mol. The van der Waals surface area contributed by atoms with Gasteiger partial charge in [-0.2, -0.15) is 5.10 Å². The minimum Gasteiger partial charge on any atom is -0.292 e. The van der Waals surface area contributed by atoms with Crippen LogP contribution in [0.3, 0.4) is 0 Å². The van der Waals surface area contributed by atoms with Crippen molar-refractivity contribution in [1.82, 2.24) is 15.1 Å². The number of rotatable bonds is 7. The Bertz CT molecular complexity index is 1310. The van der Waals surface area contributed by atoms with Crippen LogP contribution in [0.1, 0.15) is 68.5 Å². The van der Waals surface area contributed by atoms with Crippen molar-refractivity contribution < 1.29 is 4.39 Å². The Labute approximate surface area is 226 Å². The van der Waals surface area contributed by atoms with Crippen LogP contribution >= 0.6 is 0 Å². The summed E-state index contributed by atoms with van der Waals surface area (Å²) in [5, 5.41) is 7.59. The van der Waals surface area contributed by atoms with E-state index in [4.69, 9.17) is 0 Å². The first-order valence-corrected chi connectivity index (χ1v) is 14.4. The maximum atomic E-state index is 14.9. The van der Waals surface area contributed by atoms with Gasteiger partial charge in [-0.3, -0.25) is 10.00 Å². The zero-order chi connectivity index (χ0) is 25.7. The zero-order valence-electron chi connectivity index (χ0n) is 22.2. The van der Waals surface area contributed by atoms with Crippen molar-refractivity contribution in [3.63, 3.8) is 0 Å². The lowest BCUT2D eigenvalue weighted by Gasteiger charge is -2.40. The fourth-order valence-corrected chi connectivity index (χ4v) is 6.88. The topological polar surface area (TPSA) is 31.9 Å². The summed E-state index contributed by atoms with van der Waals surface area (Å²) in [5.74, 6) is 1.40. The molecule has 0 spiro atoms. The molecule has 3 nitrogen and oxygen atoms in total. The van der Waals surface area contributed by atoms with Gasteiger partial charge in [-0.15, -0.1) is 0 Å². The summed E-state index contributed by atoms with van der Waals surface area (Å²) in [6, 6.07) is 26.5. The molecule has 4 aromatic rings. The van der Waals surface area contributed by atoms with Crippen molar-refractivity contribution >= 4 is 0 Å². The minimum atomic E-state index is -0.218. The Morgan fingerprint density at radius 2 is 1.50 bits per heavy atom. The number of hydrogen-bond acceptors (Lipinski definition) is 2. The van der Waals surface area contributed by atoms with Crippen LogP contribution in [-0.4, -0.2) is 28.2 Å². The molecule has 1 saturated heterocycles. The predicted molar refractivity (Wildman–Crippen MR) is 153 cm³/mol. The number of piperidine rings is 1. The number of aromatic amines is 1. The number of hydrogen-bond donors (Lipinski definition) is 1. The van der Waals surface area contributed by atoms with Crippen molar-refractivity contribution in [2.75, 3.05) is 13.1 Å². The second-order valence-electron chi connectivity index (χ2n) is 11.3. The average Bonchev–Trinajstić information content (AvgIpc) is 3.44. The van der Waals surface area contributed by atoms with Crippen LogP contribution in [-0.2, 0) is 0 Å². The van der Waals surface area contributed by atoms with Gasteiger partial charge in [0.2, 0.25) is 0 Å². The van der Waals surface area contributed by atoms with Crippen LogP contribution in [0.25, 0.3) is 22.4 Å². The molecule has 2 heterocycles. The summed E-state index contributed by atoms with van der Waals surface area (Å²) in [4.78, 5) is 2.64. The molecule has 1 saturated carbocycles. The number of aromatic nitrogens is 2. The Morgan fingerprint density at radius 1 is 0.789 bits per heavy atom. The number of H-pyrrole nitrogens is 1. The van der Waals surface area contributed by atoms with Crippen molar-refractivity contribution in [3.8, 4) is 22.4 Å². The standard InChI is InChI=1S/C34H38FN3/c35-32-16-8-7-15-30(32)33-31(23-36-37-33)34(29-19-17-28(18-20-29)27-13-5-2-6-14-27)38-21-9-12-26(24-38)22-25-10-3-1-4-11-25/h2,5-8,13-20,23,25-26,34H,1,3-4,9-12,21-22,24H2,(H,36,37). The molecule has 0 amide bonds. The van der Waals surface area contributed by atoms with Gasteiger partial charge >= 0.3 is 0 Å². The first-order chi connectivity index (χ1) is 18.8. The highest BCUT2D eigenvalue weighted by Gasteiger charge is 2.32. The molecule has 1 aliphatic heterocycles. The van der Waals surface area contributed by atoms with E-state index in [2.05, 4.69) is 69.7 Å². The van der Waals surface area contributed by atoms with Gasteiger partial charge in [0.1, 0.15) is 5.82 Å². The van der Waals surface area contributed by atoms with Crippen LogP contribution in [0.2, 0.25) is 0 Å². The van der Waals surface area contributed by atoms with Gasteiger partial charge in [0.15, 0.2) is 0 Å². The maximum Gasteiger partial charge on any atom is 0.132 e. The lowest BCUT2D eigenvalue weighted by atomic mass is 9.80. The molecule has 6 rings (SSSR count). The Hall–Kier alpha value is -3.24. The SMILES string of the molecule is Fc1ccccc1-c1[nH]ncc1C(c1ccc(-c2ccccc2)cc1)N1CCCC(CC2CCCCC2)C1. The number of likely N-dealkylation sites (tertiary alicyclic amines) is 1. The summed E-state index contributed by atoms with van der Waals surface area (Å²) >= 11 is 0. The molecule has 2 fully saturated rings. The molecule has 3 aromatic carbocycles. The summed E-state index contributed by atoms with van der Waals surface area (Å²) in [6.07, 6.45) is 12.8. The summed E-state index contributed by atoms with van der Waals surface area (Å²) in [7, 11) is 0. The van der Waals surface area contributed by atoms with E-state index in [1.54, 1.807) is 6.07 Å². The van der Waals surface area contributed by atoms with Gasteiger partial charge in [-0.1, -0.05) is 98.8 Å². The normalized spacial score (nSPS) is 19.9. The van der Waals surface area contributed by atoms with E-state index < -0.39 is 0 Å². The van der Waals surface area contributed by atoms with Gasteiger partial charge in [0, 0.05) is 17.7 Å². The number of nitrogens with one attached hydrogen (secondary N) is 1. The van der Waals surface area contributed by atoms with Crippen molar-refractivity contribution in [2.45, 2.75) is 57.4 Å². The van der Waals surface area contributed by atoms with Crippen molar-refractivity contribution in [1.29, 1.82) is 0 Å². The highest BCUT2D eigenvalue weighted by molar-refractivity contribution is 5.66. The van der Waals surface area contributed by atoms with Gasteiger partial charge in [0.05, 0.1) is 17.9 Å². The van der Waals surface area contributed by atoms with Crippen molar-refractivity contribution in [2.24, 2.45) is 11.8 Å². The third-order valence-electron chi connectivity index (χ3n) is 8.75.